The standard InChI is InChI=1S/C10H15N.C2H7N/c1-2-11-9-8-10-6-4-3-5-7-10;1-2-3/h3-7,11H,2,8-9H2,1H3;2-3H2,1H3. The molecule has 0 atom stereocenters. The Morgan fingerprint density at radius 2 is 1.71 bits per heavy atom. The fraction of sp³-hybridized carbons (Fsp3) is 0.500. The predicted molar refractivity (Wildman–Crippen MR) is 63.4 cm³/mol. The molecule has 0 radical (unpaired) electrons. The van der Waals surface area contributed by atoms with Gasteiger partial charge < -0.3 is 11.1 Å². The van der Waals surface area contributed by atoms with Gasteiger partial charge in [-0.2, -0.15) is 0 Å². The summed E-state index contributed by atoms with van der Waals surface area (Å²) >= 11 is 0. The van der Waals surface area contributed by atoms with E-state index in [2.05, 4.69) is 42.6 Å². The fourth-order valence-electron chi connectivity index (χ4n) is 1.05. The average Bonchev–Trinajstić information content (AvgIpc) is 2.21. The number of hydrogen-bond acceptors (Lipinski definition) is 2. The molecule has 2 heteroatoms. The highest BCUT2D eigenvalue weighted by Gasteiger charge is 1.88. The lowest BCUT2D eigenvalue weighted by Crippen LogP contribution is -2.15. The first kappa shape index (κ1) is 13.1. The van der Waals surface area contributed by atoms with Crippen molar-refractivity contribution < 1.29 is 0 Å². The van der Waals surface area contributed by atoms with E-state index in [1.165, 1.54) is 5.56 Å². The average molecular weight is 194 g/mol. The van der Waals surface area contributed by atoms with E-state index >= 15 is 0 Å². The number of nitrogens with two attached hydrogens (primary N) is 1. The molecule has 0 amide bonds. The van der Waals surface area contributed by atoms with Crippen molar-refractivity contribution in [3.05, 3.63) is 35.9 Å². The normalized spacial score (nSPS) is 9.07. The molecule has 0 unspecified atom stereocenters. The molecular formula is C12H22N2. The molecule has 0 aliphatic carbocycles. The molecule has 0 aliphatic heterocycles. The van der Waals surface area contributed by atoms with Gasteiger partial charge in [-0.05, 0) is 31.6 Å². The molecule has 1 aromatic carbocycles. The maximum atomic E-state index is 4.85. The molecule has 0 aliphatic rings. The first-order valence-corrected chi connectivity index (χ1v) is 5.29. The van der Waals surface area contributed by atoms with Gasteiger partial charge in [0.05, 0.1) is 0 Å². The Morgan fingerprint density at radius 1 is 1.14 bits per heavy atom. The van der Waals surface area contributed by atoms with E-state index in [1.54, 1.807) is 0 Å². The Balaban J connectivity index is 0.000000500. The Bertz CT molecular complexity index is 197. The van der Waals surface area contributed by atoms with Crippen molar-refractivity contribution in [1.29, 1.82) is 0 Å². The summed E-state index contributed by atoms with van der Waals surface area (Å²) in [7, 11) is 0. The lowest BCUT2D eigenvalue weighted by Gasteiger charge is -2.00. The van der Waals surface area contributed by atoms with Crippen molar-refractivity contribution in [2.45, 2.75) is 20.3 Å². The molecular weight excluding hydrogens is 172 g/mol. The zero-order valence-electron chi connectivity index (χ0n) is 9.29. The monoisotopic (exact) mass is 194 g/mol. The van der Waals surface area contributed by atoms with E-state index in [-0.39, 0.29) is 0 Å². The summed E-state index contributed by atoms with van der Waals surface area (Å²) in [4.78, 5) is 0. The summed E-state index contributed by atoms with van der Waals surface area (Å²) in [6.45, 7) is 6.93. The van der Waals surface area contributed by atoms with Crippen molar-refractivity contribution in [1.82, 2.24) is 5.32 Å². The summed E-state index contributed by atoms with van der Waals surface area (Å²) in [6.07, 6.45) is 1.13. The van der Waals surface area contributed by atoms with E-state index in [0.29, 0.717) is 0 Å². The largest absolute Gasteiger partial charge is 0.331 e. The van der Waals surface area contributed by atoms with Crippen molar-refractivity contribution in [2.75, 3.05) is 19.6 Å². The number of nitrogens with one attached hydrogen (secondary N) is 1. The Kier molecular flexibility index (Phi) is 9.59. The number of rotatable bonds is 4. The van der Waals surface area contributed by atoms with Crippen LogP contribution in [-0.4, -0.2) is 19.6 Å². The van der Waals surface area contributed by atoms with Crippen molar-refractivity contribution >= 4 is 0 Å². The topological polar surface area (TPSA) is 38.0 Å². The first-order valence-electron chi connectivity index (χ1n) is 5.29. The van der Waals surface area contributed by atoms with Crippen LogP contribution in [0.25, 0.3) is 0 Å². The SMILES string of the molecule is CCN.CCNCCc1ccccc1. The molecule has 0 heterocycles. The fourth-order valence-corrected chi connectivity index (χ4v) is 1.05. The first-order chi connectivity index (χ1) is 6.85. The molecule has 0 saturated heterocycles. The minimum absolute atomic E-state index is 0.750. The van der Waals surface area contributed by atoms with E-state index in [4.69, 9.17) is 5.73 Å². The Labute approximate surface area is 87.5 Å². The minimum atomic E-state index is 0.750. The summed E-state index contributed by atoms with van der Waals surface area (Å²) in [5.74, 6) is 0. The van der Waals surface area contributed by atoms with Crippen LogP contribution >= 0.6 is 0 Å². The van der Waals surface area contributed by atoms with Gasteiger partial charge in [-0.15, -0.1) is 0 Å². The van der Waals surface area contributed by atoms with Crippen LogP contribution < -0.4 is 11.1 Å². The molecule has 1 rings (SSSR count). The van der Waals surface area contributed by atoms with Crippen LogP contribution in [0, 0.1) is 0 Å². The summed E-state index contributed by atoms with van der Waals surface area (Å²) < 4.78 is 0. The lowest BCUT2D eigenvalue weighted by atomic mass is 10.1. The molecule has 0 bridgehead atoms. The highest BCUT2D eigenvalue weighted by Crippen LogP contribution is 1.97. The van der Waals surface area contributed by atoms with Gasteiger partial charge in [0.1, 0.15) is 0 Å². The zero-order valence-corrected chi connectivity index (χ0v) is 9.29. The van der Waals surface area contributed by atoms with E-state index in [1.807, 2.05) is 6.92 Å². The summed E-state index contributed by atoms with van der Waals surface area (Å²) in [5.41, 5.74) is 6.26. The van der Waals surface area contributed by atoms with Crippen LogP contribution in [0.5, 0.6) is 0 Å². The van der Waals surface area contributed by atoms with Crippen LogP contribution in [0.1, 0.15) is 19.4 Å². The second-order valence-electron chi connectivity index (χ2n) is 3.00. The van der Waals surface area contributed by atoms with Crippen molar-refractivity contribution in [3.8, 4) is 0 Å². The lowest BCUT2D eigenvalue weighted by molar-refractivity contribution is 0.716. The Morgan fingerprint density at radius 3 is 2.21 bits per heavy atom. The second-order valence-corrected chi connectivity index (χ2v) is 3.00. The third-order valence-electron chi connectivity index (χ3n) is 1.68. The van der Waals surface area contributed by atoms with Gasteiger partial charge in [-0.3, -0.25) is 0 Å². The van der Waals surface area contributed by atoms with Crippen molar-refractivity contribution in [3.63, 3.8) is 0 Å². The van der Waals surface area contributed by atoms with Crippen LogP contribution in [0.2, 0.25) is 0 Å². The number of hydrogen-bond donors (Lipinski definition) is 2. The molecule has 14 heavy (non-hydrogen) atoms. The van der Waals surface area contributed by atoms with Crippen LogP contribution in [0.3, 0.4) is 0 Å². The zero-order chi connectivity index (χ0) is 10.6. The Hall–Kier alpha value is -0.860. The smallest absolute Gasteiger partial charge is 0.000847 e. The molecule has 1 aromatic rings. The van der Waals surface area contributed by atoms with Gasteiger partial charge in [0.2, 0.25) is 0 Å². The van der Waals surface area contributed by atoms with E-state index in [0.717, 1.165) is 26.1 Å². The van der Waals surface area contributed by atoms with E-state index < -0.39 is 0 Å². The second kappa shape index (κ2) is 10.2. The van der Waals surface area contributed by atoms with Crippen LogP contribution in [0.4, 0.5) is 0 Å². The molecule has 0 saturated carbocycles. The molecule has 80 valence electrons. The van der Waals surface area contributed by atoms with Crippen LogP contribution in [-0.2, 0) is 6.42 Å². The van der Waals surface area contributed by atoms with E-state index in [9.17, 15) is 0 Å². The van der Waals surface area contributed by atoms with Crippen LogP contribution in [0.15, 0.2) is 30.3 Å². The molecule has 2 nitrogen and oxygen atoms in total. The van der Waals surface area contributed by atoms with Gasteiger partial charge in [-0.25, -0.2) is 0 Å². The number of benzene rings is 1. The third-order valence-corrected chi connectivity index (χ3v) is 1.68. The highest BCUT2D eigenvalue weighted by atomic mass is 14.8. The summed E-state index contributed by atoms with van der Waals surface area (Å²) in [6, 6.07) is 10.5. The van der Waals surface area contributed by atoms with Gasteiger partial charge in [-0.1, -0.05) is 44.2 Å². The third kappa shape index (κ3) is 7.77. The quantitative estimate of drug-likeness (QED) is 0.717. The van der Waals surface area contributed by atoms with Gasteiger partial charge in [0, 0.05) is 0 Å². The minimum Gasteiger partial charge on any atom is -0.331 e. The maximum absolute atomic E-state index is 4.85. The highest BCUT2D eigenvalue weighted by molar-refractivity contribution is 5.14. The molecule has 0 spiro atoms. The maximum Gasteiger partial charge on any atom is -0.000847 e. The molecule has 0 aromatic heterocycles. The molecule has 0 fully saturated rings. The predicted octanol–water partition coefficient (Wildman–Crippen LogP) is 1.80. The van der Waals surface area contributed by atoms with Crippen molar-refractivity contribution in [2.24, 2.45) is 5.73 Å². The molecule has 3 N–H and O–H groups in total. The summed E-state index contributed by atoms with van der Waals surface area (Å²) in [5, 5.41) is 3.30. The van der Waals surface area contributed by atoms with Gasteiger partial charge in [0.15, 0.2) is 0 Å². The van der Waals surface area contributed by atoms with Gasteiger partial charge >= 0.3 is 0 Å². The number of likely N-dealkylation sites (N-methyl/N-ethyl adjacent to an activating group) is 1. The van der Waals surface area contributed by atoms with Gasteiger partial charge in [0.25, 0.3) is 0 Å².